The topological polar surface area (TPSA) is 26.7 Å². The average molecular weight is 520 g/mol. The Hall–Kier alpha value is -2.40. The normalized spacial score (nSPS) is 15.5. The van der Waals surface area contributed by atoms with Crippen LogP contribution in [0.1, 0.15) is 43.4 Å². The molecule has 0 bridgehead atoms. The van der Waals surface area contributed by atoms with E-state index in [1.54, 1.807) is 0 Å². The van der Waals surface area contributed by atoms with Gasteiger partial charge in [0.15, 0.2) is 0 Å². The highest BCUT2D eigenvalue weighted by atomic mass is 79.9. The predicted octanol–water partition coefficient (Wildman–Crippen LogP) is 6.71. The molecule has 0 atom stereocenters. The van der Waals surface area contributed by atoms with E-state index in [0.29, 0.717) is 6.04 Å². The minimum Gasteiger partial charge on any atom is -0.396 e. The molecular formula is C30H35BrN2O. The molecule has 34 heavy (non-hydrogen) atoms. The third-order valence-electron chi connectivity index (χ3n) is 6.69. The van der Waals surface area contributed by atoms with Crippen molar-refractivity contribution < 1.29 is 5.11 Å². The number of benzene rings is 3. The second kappa shape index (κ2) is 11.8. The zero-order valence-electron chi connectivity index (χ0n) is 20.3. The van der Waals surface area contributed by atoms with Gasteiger partial charge in [-0.05, 0) is 78.8 Å². The maximum Gasteiger partial charge on any atom is 0.0434 e. The smallest absolute Gasteiger partial charge is 0.0434 e. The van der Waals surface area contributed by atoms with Gasteiger partial charge in [0.25, 0.3) is 0 Å². The molecule has 178 valence electrons. The number of aliphatic hydroxyl groups is 1. The minimum absolute atomic E-state index is 0.184. The number of rotatable bonds is 8. The number of allylic oxidation sites excluding steroid dienone is 1. The highest BCUT2D eigenvalue weighted by molar-refractivity contribution is 9.10. The summed E-state index contributed by atoms with van der Waals surface area (Å²) in [6, 6.07) is 28.8. The summed E-state index contributed by atoms with van der Waals surface area (Å²) in [6.07, 6.45) is 1.56. The van der Waals surface area contributed by atoms with Crippen LogP contribution in [-0.2, 0) is 0 Å². The van der Waals surface area contributed by atoms with E-state index in [2.05, 4.69) is 118 Å². The second-order valence-corrected chi connectivity index (χ2v) is 10.1. The van der Waals surface area contributed by atoms with Gasteiger partial charge in [-0.25, -0.2) is 0 Å². The van der Waals surface area contributed by atoms with Gasteiger partial charge < -0.3 is 10.0 Å². The van der Waals surface area contributed by atoms with Gasteiger partial charge in [-0.3, -0.25) is 4.90 Å². The van der Waals surface area contributed by atoms with Crippen molar-refractivity contribution in [3.8, 4) is 0 Å². The Morgan fingerprint density at radius 1 is 0.824 bits per heavy atom. The summed E-state index contributed by atoms with van der Waals surface area (Å²) in [6.45, 7) is 9.10. The lowest BCUT2D eigenvalue weighted by atomic mass is 9.87. The SMILES string of the molecule is CC(C)N1CCN(c2ccc(/C(=C(/CCCO)c3ccccc3)c3cccc(Br)c3)cc2)CC1. The molecule has 0 saturated carbocycles. The first-order valence-corrected chi connectivity index (χ1v) is 13.1. The molecule has 0 radical (unpaired) electrons. The number of hydrogen-bond donors (Lipinski definition) is 1. The van der Waals surface area contributed by atoms with Gasteiger partial charge in [0.1, 0.15) is 0 Å². The Bertz CT molecular complexity index is 1080. The van der Waals surface area contributed by atoms with Crippen molar-refractivity contribution in [1.29, 1.82) is 0 Å². The van der Waals surface area contributed by atoms with Crippen LogP contribution in [0.2, 0.25) is 0 Å². The largest absolute Gasteiger partial charge is 0.396 e. The fraction of sp³-hybridized carbons (Fsp3) is 0.333. The summed E-state index contributed by atoms with van der Waals surface area (Å²) in [5, 5.41) is 9.62. The van der Waals surface area contributed by atoms with E-state index >= 15 is 0 Å². The van der Waals surface area contributed by atoms with Crippen molar-refractivity contribution in [2.24, 2.45) is 0 Å². The summed E-state index contributed by atoms with van der Waals surface area (Å²) < 4.78 is 1.07. The van der Waals surface area contributed by atoms with Crippen LogP contribution in [0.4, 0.5) is 5.69 Å². The first-order valence-electron chi connectivity index (χ1n) is 12.3. The van der Waals surface area contributed by atoms with Crippen LogP contribution >= 0.6 is 15.9 Å². The van der Waals surface area contributed by atoms with E-state index in [0.717, 1.165) is 43.5 Å². The first-order chi connectivity index (χ1) is 16.6. The summed E-state index contributed by atoms with van der Waals surface area (Å²) in [7, 11) is 0. The number of aliphatic hydroxyl groups excluding tert-OH is 1. The Kier molecular flexibility index (Phi) is 8.60. The lowest BCUT2D eigenvalue weighted by Gasteiger charge is -2.38. The maximum atomic E-state index is 9.62. The highest BCUT2D eigenvalue weighted by Crippen LogP contribution is 2.36. The molecule has 3 aromatic rings. The van der Waals surface area contributed by atoms with Gasteiger partial charge in [-0.2, -0.15) is 0 Å². The van der Waals surface area contributed by atoms with Crippen LogP contribution in [-0.4, -0.2) is 48.8 Å². The third-order valence-corrected chi connectivity index (χ3v) is 7.18. The first kappa shape index (κ1) is 24.7. The van der Waals surface area contributed by atoms with Gasteiger partial charge in [-0.1, -0.05) is 70.5 Å². The zero-order chi connectivity index (χ0) is 23.9. The molecular weight excluding hydrogens is 484 g/mol. The molecule has 3 nitrogen and oxygen atoms in total. The van der Waals surface area contributed by atoms with E-state index in [-0.39, 0.29) is 6.61 Å². The van der Waals surface area contributed by atoms with Crippen molar-refractivity contribution in [2.75, 3.05) is 37.7 Å². The highest BCUT2D eigenvalue weighted by Gasteiger charge is 2.20. The lowest BCUT2D eigenvalue weighted by Crippen LogP contribution is -2.48. The molecule has 1 saturated heterocycles. The van der Waals surface area contributed by atoms with Crippen LogP contribution in [0.15, 0.2) is 83.3 Å². The van der Waals surface area contributed by atoms with Crippen LogP contribution < -0.4 is 4.90 Å². The molecule has 3 aromatic carbocycles. The van der Waals surface area contributed by atoms with E-state index in [1.807, 2.05) is 0 Å². The summed E-state index contributed by atoms with van der Waals surface area (Å²) in [4.78, 5) is 5.04. The second-order valence-electron chi connectivity index (χ2n) is 9.22. The summed E-state index contributed by atoms with van der Waals surface area (Å²) in [5.41, 5.74) is 7.39. The Labute approximate surface area is 212 Å². The Balaban J connectivity index is 1.73. The van der Waals surface area contributed by atoms with Gasteiger partial charge >= 0.3 is 0 Å². The van der Waals surface area contributed by atoms with Gasteiger partial charge in [-0.15, -0.1) is 0 Å². The van der Waals surface area contributed by atoms with E-state index in [1.165, 1.54) is 33.5 Å². The third kappa shape index (κ3) is 5.99. The van der Waals surface area contributed by atoms with Gasteiger partial charge in [0.05, 0.1) is 0 Å². The standard InChI is InChI=1S/C30H35BrN2O/c1-23(2)32-17-19-33(20-18-32)28-15-13-25(14-16-28)30(26-10-6-11-27(31)22-26)29(12-7-21-34)24-8-4-3-5-9-24/h3-6,8-11,13-16,22-23,34H,7,12,17-21H2,1-2H3/b30-29+. The number of hydrogen-bond acceptors (Lipinski definition) is 3. The van der Waals surface area contributed by atoms with E-state index in [4.69, 9.17) is 0 Å². The molecule has 4 rings (SSSR count). The molecule has 0 aromatic heterocycles. The fourth-order valence-electron chi connectivity index (χ4n) is 4.80. The Morgan fingerprint density at radius 3 is 2.12 bits per heavy atom. The lowest BCUT2D eigenvalue weighted by molar-refractivity contribution is 0.209. The van der Waals surface area contributed by atoms with Crippen molar-refractivity contribution in [3.63, 3.8) is 0 Å². The fourth-order valence-corrected chi connectivity index (χ4v) is 5.20. The monoisotopic (exact) mass is 518 g/mol. The van der Waals surface area contributed by atoms with Gasteiger partial charge in [0.2, 0.25) is 0 Å². The van der Waals surface area contributed by atoms with E-state index in [9.17, 15) is 5.11 Å². The summed E-state index contributed by atoms with van der Waals surface area (Å²) in [5.74, 6) is 0. The van der Waals surface area contributed by atoms with Crippen LogP contribution in [0.25, 0.3) is 11.1 Å². The van der Waals surface area contributed by atoms with Gasteiger partial charge in [0, 0.05) is 49.0 Å². The molecule has 1 aliphatic heterocycles. The van der Waals surface area contributed by atoms with Crippen molar-refractivity contribution in [1.82, 2.24) is 4.90 Å². The predicted molar refractivity (Wildman–Crippen MR) is 148 cm³/mol. The molecule has 1 fully saturated rings. The number of nitrogens with zero attached hydrogens (tertiary/aromatic N) is 2. The molecule has 1 N–H and O–H groups in total. The maximum absolute atomic E-state index is 9.62. The molecule has 1 aliphatic rings. The summed E-state index contributed by atoms with van der Waals surface area (Å²) >= 11 is 3.67. The molecule has 4 heteroatoms. The molecule has 0 spiro atoms. The van der Waals surface area contributed by atoms with E-state index < -0.39 is 0 Å². The number of halogens is 1. The van der Waals surface area contributed by atoms with Crippen molar-refractivity contribution >= 4 is 32.8 Å². The van der Waals surface area contributed by atoms with Crippen molar-refractivity contribution in [3.05, 3.63) is 100 Å². The van der Waals surface area contributed by atoms with Crippen LogP contribution in [0, 0.1) is 0 Å². The molecule has 1 heterocycles. The number of anilines is 1. The number of piperazine rings is 1. The quantitative estimate of drug-likeness (QED) is 0.335. The molecule has 0 unspecified atom stereocenters. The van der Waals surface area contributed by atoms with Crippen molar-refractivity contribution in [2.45, 2.75) is 32.7 Å². The van der Waals surface area contributed by atoms with Crippen LogP contribution in [0.3, 0.4) is 0 Å². The zero-order valence-corrected chi connectivity index (χ0v) is 21.8. The Morgan fingerprint density at radius 2 is 1.50 bits per heavy atom. The average Bonchev–Trinajstić information content (AvgIpc) is 2.87. The molecule has 0 aliphatic carbocycles. The van der Waals surface area contributed by atoms with Crippen LogP contribution in [0.5, 0.6) is 0 Å². The minimum atomic E-state index is 0.184. The molecule has 0 amide bonds.